The van der Waals surface area contributed by atoms with Crippen molar-refractivity contribution in [1.29, 1.82) is 5.26 Å². The molecule has 0 amide bonds. The fraction of sp³-hybridized carbons (Fsp3) is 0.750. The first-order chi connectivity index (χ1) is 5.66. The van der Waals surface area contributed by atoms with E-state index in [0.29, 0.717) is 12.5 Å². The number of rotatable bonds is 4. The smallest absolute Gasteiger partial charge is 0.434 e. The van der Waals surface area contributed by atoms with E-state index in [4.69, 9.17) is 5.26 Å². The van der Waals surface area contributed by atoms with Gasteiger partial charge in [0, 0.05) is 0 Å². The van der Waals surface area contributed by atoms with Crippen LogP contribution in [0.4, 0.5) is 4.79 Å². The van der Waals surface area contributed by atoms with Crippen molar-refractivity contribution in [2.24, 2.45) is 5.92 Å². The van der Waals surface area contributed by atoms with Gasteiger partial charge in [0.1, 0.15) is 6.61 Å². The van der Waals surface area contributed by atoms with E-state index >= 15 is 0 Å². The number of nitriles is 1. The van der Waals surface area contributed by atoms with Gasteiger partial charge < -0.3 is 9.47 Å². The molecule has 0 unspecified atom stereocenters. The Kier molecular flexibility index (Phi) is 5.80. The minimum absolute atomic E-state index is 0.105. The van der Waals surface area contributed by atoms with Crippen LogP contribution in [0.5, 0.6) is 0 Å². The summed E-state index contributed by atoms with van der Waals surface area (Å²) in [6.07, 6.45) is -0.490. The van der Waals surface area contributed by atoms with Crippen LogP contribution in [0.25, 0.3) is 0 Å². The third-order valence-corrected chi connectivity index (χ3v) is 0.968. The van der Waals surface area contributed by atoms with Gasteiger partial charge in [0.2, 0.25) is 0 Å². The van der Waals surface area contributed by atoms with E-state index in [1.807, 2.05) is 19.9 Å². The monoisotopic (exact) mass is 171 g/mol. The molecule has 0 fully saturated rings. The maximum absolute atomic E-state index is 10.7. The van der Waals surface area contributed by atoms with E-state index < -0.39 is 6.16 Å². The number of hydrogen-bond donors (Lipinski definition) is 0. The average molecular weight is 171 g/mol. The molecule has 0 saturated carbocycles. The fourth-order valence-corrected chi connectivity index (χ4v) is 0.456. The van der Waals surface area contributed by atoms with Gasteiger partial charge in [-0.15, -0.1) is 0 Å². The van der Waals surface area contributed by atoms with Crippen LogP contribution in [0.1, 0.15) is 20.3 Å². The number of carbonyl (C=O) groups excluding carboxylic acids is 1. The molecule has 0 spiro atoms. The van der Waals surface area contributed by atoms with Crippen LogP contribution < -0.4 is 0 Å². The summed E-state index contributed by atoms with van der Waals surface area (Å²) in [7, 11) is 0. The highest BCUT2D eigenvalue weighted by molar-refractivity contribution is 5.59. The molecule has 0 heterocycles. The Morgan fingerprint density at radius 3 is 2.67 bits per heavy atom. The van der Waals surface area contributed by atoms with Crippen molar-refractivity contribution in [3.8, 4) is 6.07 Å². The summed E-state index contributed by atoms with van der Waals surface area (Å²) in [5.41, 5.74) is 0. The molecule has 0 aliphatic heterocycles. The van der Waals surface area contributed by atoms with E-state index in [0.717, 1.165) is 0 Å². The number of ether oxygens (including phenoxy) is 2. The molecule has 4 heteroatoms. The molecule has 12 heavy (non-hydrogen) atoms. The maximum atomic E-state index is 10.7. The SMILES string of the molecule is CC(C)COC(=O)OCCC#N. The molecular weight excluding hydrogens is 158 g/mol. The summed E-state index contributed by atoms with van der Waals surface area (Å²) in [6, 6.07) is 1.86. The van der Waals surface area contributed by atoms with Crippen LogP contribution >= 0.6 is 0 Å². The van der Waals surface area contributed by atoms with E-state index in [-0.39, 0.29) is 13.0 Å². The van der Waals surface area contributed by atoms with Gasteiger partial charge in [-0.05, 0) is 5.92 Å². The Hall–Kier alpha value is -1.24. The first kappa shape index (κ1) is 10.8. The van der Waals surface area contributed by atoms with E-state index in [2.05, 4.69) is 9.47 Å². The largest absolute Gasteiger partial charge is 0.508 e. The predicted octanol–water partition coefficient (Wildman–Crippen LogP) is 1.71. The molecule has 0 radical (unpaired) electrons. The van der Waals surface area contributed by atoms with Crippen molar-refractivity contribution in [1.82, 2.24) is 0 Å². The molecule has 0 bridgehead atoms. The van der Waals surface area contributed by atoms with Crippen molar-refractivity contribution in [2.75, 3.05) is 13.2 Å². The van der Waals surface area contributed by atoms with Crippen molar-refractivity contribution in [3.05, 3.63) is 0 Å². The Morgan fingerprint density at radius 1 is 1.50 bits per heavy atom. The molecule has 0 rings (SSSR count). The molecule has 0 aliphatic carbocycles. The van der Waals surface area contributed by atoms with Crippen molar-refractivity contribution < 1.29 is 14.3 Å². The van der Waals surface area contributed by atoms with Gasteiger partial charge in [0.15, 0.2) is 0 Å². The quantitative estimate of drug-likeness (QED) is 0.477. The van der Waals surface area contributed by atoms with Crippen molar-refractivity contribution >= 4 is 6.16 Å². The second-order valence-corrected chi connectivity index (χ2v) is 2.71. The predicted molar refractivity (Wildman–Crippen MR) is 42.4 cm³/mol. The van der Waals surface area contributed by atoms with Crippen molar-refractivity contribution in [2.45, 2.75) is 20.3 Å². The van der Waals surface area contributed by atoms with Gasteiger partial charge >= 0.3 is 6.16 Å². The van der Waals surface area contributed by atoms with Crippen LogP contribution in [0.3, 0.4) is 0 Å². The zero-order valence-electron chi connectivity index (χ0n) is 7.37. The third kappa shape index (κ3) is 6.87. The third-order valence-electron chi connectivity index (χ3n) is 0.968. The van der Waals surface area contributed by atoms with E-state index in [9.17, 15) is 4.79 Å². The lowest BCUT2D eigenvalue weighted by Gasteiger charge is -2.06. The van der Waals surface area contributed by atoms with Crippen LogP contribution in [0.2, 0.25) is 0 Å². The van der Waals surface area contributed by atoms with Gasteiger partial charge in [-0.2, -0.15) is 5.26 Å². The Bertz CT molecular complexity index is 172. The average Bonchev–Trinajstić information content (AvgIpc) is 2.01. The molecular formula is C8H13NO3. The molecule has 0 atom stereocenters. The van der Waals surface area contributed by atoms with E-state index in [1.54, 1.807) is 0 Å². The summed E-state index contributed by atoms with van der Waals surface area (Å²) in [5.74, 6) is 0.300. The highest BCUT2D eigenvalue weighted by Gasteiger charge is 2.03. The topological polar surface area (TPSA) is 59.3 Å². The number of nitrogens with zero attached hydrogens (tertiary/aromatic N) is 1. The lowest BCUT2D eigenvalue weighted by atomic mass is 10.2. The summed E-state index contributed by atoms with van der Waals surface area (Å²) in [4.78, 5) is 10.7. The van der Waals surface area contributed by atoms with Gasteiger partial charge in [-0.1, -0.05) is 13.8 Å². The van der Waals surface area contributed by atoms with Crippen LogP contribution in [-0.2, 0) is 9.47 Å². The molecule has 0 aromatic carbocycles. The highest BCUT2D eigenvalue weighted by atomic mass is 16.7. The summed E-state index contributed by atoms with van der Waals surface area (Å²) >= 11 is 0. The van der Waals surface area contributed by atoms with Gasteiger partial charge in [0.25, 0.3) is 0 Å². The second kappa shape index (κ2) is 6.47. The Labute approximate surface area is 72.1 Å². The molecule has 0 N–H and O–H groups in total. The van der Waals surface area contributed by atoms with Crippen LogP contribution in [-0.4, -0.2) is 19.4 Å². The molecule has 0 saturated heterocycles. The zero-order valence-corrected chi connectivity index (χ0v) is 7.37. The molecule has 4 nitrogen and oxygen atoms in total. The van der Waals surface area contributed by atoms with Gasteiger partial charge in [0.05, 0.1) is 19.1 Å². The molecule has 0 aliphatic rings. The minimum Gasteiger partial charge on any atom is -0.434 e. The fourth-order valence-electron chi connectivity index (χ4n) is 0.456. The summed E-state index contributed by atoms with van der Waals surface area (Å²) in [6.45, 7) is 4.32. The normalized spacial score (nSPS) is 9.17. The molecule has 0 aromatic heterocycles. The molecule has 68 valence electrons. The Morgan fingerprint density at radius 2 is 2.17 bits per heavy atom. The summed E-state index contributed by atoms with van der Waals surface area (Å²) in [5, 5.41) is 8.12. The van der Waals surface area contributed by atoms with Gasteiger partial charge in [-0.25, -0.2) is 4.79 Å². The number of hydrogen-bond acceptors (Lipinski definition) is 4. The van der Waals surface area contributed by atoms with Crippen LogP contribution in [0.15, 0.2) is 0 Å². The summed E-state index contributed by atoms with van der Waals surface area (Å²) < 4.78 is 9.23. The van der Waals surface area contributed by atoms with Gasteiger partial charge in [-0.3, -0.25) is 0 Å². The van der Waals surface area contributed by atoms with Crippen LogP contribution in [0, 0.1) is 17.2 Å². The standard InChI is InChI=1S/C8H13NO3/c1-7(2)6-12-8(10)11-5-3-4-9/h7H,3,5-6H2,1-2H3. The van der Waals surface area contributed by atoms with Crippen molar-refractivity contribution in [3.63, 3.8) is 0 Å². The maximum Gasteiger partial charge on any atom is 0.508 e. The second-order valence-electron chi connectivity index (χ2n) is 2.71. The lowest BCUT2D eigenvalue weighted by Crippen LogP contribution is -2.12. The lowest BCUT2D eigenvalue weighted by molar-refractivity contribution is 0.0490. The minimum atomic E-state index is -0.695. The number of carbonyl (C=O) groups is 1. The van der Waals surface area contributed by atoms with E-state index in [1.165, 1.54) is 0 Å². The zero-order chi connectivity index (χ0) is 9.40. The highest BCUT2D eigenvalue weighted by Crippen LogP contribution is 1.95. The Balaban J connectivity index is 3.29. The first-order valence-electron chi connectivity index (χ1n) is 3.83. The first-order valence-corrected chi connectivity index (χ1v) is 3.83. The molecule has 0 aromatic rings.